The zero-order chi connectivity index (χ0) is 24.2. The average molecular weight is 488 g/mol. The van der Waals surface area contributed by atoms with Gasteiger partial charge >= 0.3 is 0 Å². The first-order valence-electron chi connectivity index (χ1n) is 11.4. The van der Waals surface area contributed by atoms with E-state index in [9.17, 15) is 13.2 Å². The summed E-state index contributed by atoms with van der Waals surface area (Å²) >= 11 is 1.48. The summed E-state index contributed by atoms with van der Waals surface area (Å²) in [4.78, 5) is 18.0. The summed E-state index contributed by atoms with van der Waals surface area (Å²) in [5.74, 6) is -0.385. The monoisotopic (exact) mass is 487 g/mol. The van der Waals surface area contributed by atoms with E-state index in [1.165, 1.54) is 23.5 Å². The molecule has 0 atom stereocenters. The number of fused-ring (bicyclic) bond motifs is 1. The fourth-order valence-corrected chi connectivity index (χ4v) is 6.35. The summed E-state index contributed by atoms with van der Waals surface area (Å²) < 4.78 is 30.9. The topological polar surface area (TPSA) is 71.7 Å². The minimum atomic E-state index is -3.59. The van der Waals surface area contributed by atoms with Crippen LogP contribution in [0.4, 0.5) is 0 Å². The molecule has 0 fully saturated rings. The molecule has 2 aromatic carbocycles. The maximum Gasteiger partial charge on any atom is 0.279 e. The molecule has 8 heteroatoms. The molecule has 1 amide bonds. The summed E-state index contributed by atoms with van der Waals surface area (Å²) in [5.41, 5.74) is 3.73. The molecule has 0 saturated heterocycles. The van der Waals surface area contributed by atoms with Crippen molar-refractivity contribution in [3.05, 3.63) is 57.9 Å². The van der Waals surface area contributed by atoms with Crippen LogP contribution in [-0.2, 0) is 17.1 Å². The first-order chi connectivity index (χ1) is 15.7. The zero-order valence-electron chi connectivity index (χ0n) is 20.1. The number of rotatable bonds is 9. The van der Waals surface area contributed by atoms with Gasteiger partial charge in [0.05, 0.1) is 15.1 Å². The number of amides is 1. The Bertz CT molecular complexity index is 1300. The number of nitrogens with zero attached hydrogens (tertiary/aromatic N) is 3. The lowest BCUT2D eigenvalue weighted by Gasteiger charge is -2.22. The Balaban J connectivity index is 1.89. The largest absolute Gasteiger partial charge is 0.319 e. The van der Waals surface area contributed by atoms with Crippen LogP contribution in [0.5, 0.6) is 0 Å². The Morgan fingerprint density at radius 3 is 2.21 bits per heavy atom. The molecule has 0 bridgehead atoms. The third-order valence-corrected chi connectivity index (χ3v) is 8.90. The Hall–Kier alpha value is -2.29. The molecule has 1 heterocycles. The van der Waals surface area contributed by atoms with Gasteiger partial charge < -0.3 is 4.57 Å². The summed E-state index contributed by atoms with van der Waals surface area (Å²) in [6.07, 6.45) is 3.51. The maximum atomic E-state index is 13.1. The Labute approximate surface area is 200 Å². The number of carbonyl (C=O) groups is 1. The molecule has 0 spiro atoms. The molecule has 0 saturated carbocycles. The normalized spacial score (nSPS) is 12.7. The number of hydrogen-bond acceptors (Lipinski definition) is 4. The third-order valence-electron chi connectivity index (χ3n) is 5.70. The zero-order valence-corrected chi connectivity index (χ0v) is 21.7. The molecule has 0 N–H and O–H groups in total. The van der Waals surface area contributed by atoms with E-state index in [0.717, 1.165) is 47.0 Å². The number of carbonyl (C=O) groups excluding carboxylic acids is 1. The van der Waals surface area contributed by atoms with Gasteiger partial charge in [-0.05, 0) is 68.1 Å². The smallest absolute Gasteiger partial charge is 0.279 e. The van der Waals surface area contributed by atoms with E-state index < -0.39 is 10.0 Å². The molecule has 0 unspecified atom stereocenters. The fraction of sp³-hybridized carbons (Fsp3) is 0.440. The number of aromatic nitrogens is 1. The number of thiazole rings is 1. The molecule has 6 nitrogen and oxygen atoms in total. The van der Waals surface area contributed by atoms with Crippen molar-refractivity contribution in [1.29, 1.82) is 0 Å². The number of hydrogen-bond donors (Lipinski definition) is 0. The average Bonchev–Trinajstić information content (AvgIpc) is 3.09. The van der Waals surface area contributed by atoms with E-state index in [4.69, 9.17) is 0 Å². The van der Waals surface area contributed by atoms with Gasteiger partial charge in [0.2, 0.25) is 10.0 Å². The quantitative estimate of drug-likeness (QED) is 0.417. The summed E-state index contributed by atoms with van der Waals surface area (Å²) in [6.45, 7) is 9.22. The van der Waals surface area contributed by atoms with E-state index in [2.05, 4.69) is 24.0 Å². The third kappa shape index (κ3) is 5.62. The minimum Gasteiger partial charge on any atom is -0.319 e. The first kappa shape index (κ1) is 25.3. The van der Waals surface area contributed by atoms with Crippen molar-refractivity contribution in [1.82, 2.24) is 8.87 Å². The summed E-state index contributed by atoms with van der Waals surface area (Å²) in [6, 6.07) is 10.3. The van der Waals surface area contributed by atoms with Crippen LogP contribution >= 0.6 is 11.3 Å². The Morgan fingerprint density at radius 1 is 1.03 bits per heavy atom. The molecular formula is C25H33N3O3S2. The highest BCUT2D eigenvalue weighted by Gasteiger charge is 2.23. The van der Waals surface area contributed by atoms with E-state index in [1.54, 1.807) is 16.4 Å². The number of unbranched alkanes of at least 4 members (excludes halogenated alkanes) is 2. The van der Waals surface area contributed by atoms with Crippen molar-refractivity contribution >= 4 is 37.5 Å². The van der Waals surface area contributed by atoms with Gasteiger partial charge in [0.15, 0.2) is 4.80 Å². The number of aryl methyl sites for hydroxylation is 3. The van der Waals surface area contributed by atoms with Gasteiger partial charge in [-0.1, -0.05) is 44.1 Å². The lowest BCUT2D eigenvalue weighted by molar-refractivity contribution is 0.0998. The van der Waals surface area contributed by atoms with Crippen LogP contribution in [0.3, 0.4) is 0 Å². The van der Waals surface area contributed by atoms with Gasteiger partial charge in [0.1, 0.15) is 0 Å². The first-order valence-corrected chi connectivity index (χ1v) is 13.7. The molecule has 0 radical (unpaired) electrons. The van der Waals surface area contributed by atoms with Crippen LogP contribution in [-0.4, -0.2) is 36.3 Å². The van der Waals surface area contributed by atoms with E-state index in [-0.39, 0.29) is 10.8 Å². The predicted molar refractivity (Wildman–Crippen MR) is 135 cm³/mol. The van der Waals surface area contributed by atoms with Gasteiger partial charge in [0.25, 0.3) is 5.91 Å². The van der Waals surface area contributed by atoms with Crippen LogP contribution in [0.1, 0.15) is 61.0 Å². The Kier molecular flexibility index (Phi) is 8.26. The molecule has 0 aliphatic rings. The van der Waals surface area contributed by atoms with Crippen molar-refractivity contribution in [3.63, 3.8) is 0 Å². The van der Waals surface area contributed by atoms with Crippen LogP contribution in [0.2, 0.25) is 0 Å². The highest BCUT2D eigenvalue weighted by molar-refractivity contribution is 7.89. The lowest BCUT2D eigenvalue weighted by Crippen LogP contribution is -2.33. The van der Waals surface area contributed by atoms with Crippen molar-refractivity contribution in [2.75, 3.05) is 13.1 Å². The standard InChI is InChI=1S/C25H33N3O3S2/c1-6-8-14-28(15-9-7-2)33(30,31)21-12-10-20(11-13-21)24(29)26-25-27(5)22-17-18(3)16-19(4)23(22)32-25/h10-13,16-17H,6-9,14-15H2,1-5H3. The van der Waals surface area contributed by atoms with Crippen molar-refractivity contribution in [2.24, 2.45) is 12.0 Å². The van der Waals surface area contributed by atoms with E-state index >= 15 is 0 Å². The van der Waals surface area contributed by atoms with Gasteiger partial charge in [-0.2, -0.15) is 9.30 Å². The minimum absolute atomic E-state index is 0.213. The van der Waals surface area contributed by atoms with E-state index in [1.807, 2.05) is 32.4 Å². The van der Waals surface area contributed by atoms with Crippen LogP contribution in [0.25, 0.3) is 10.2 Å². The second kappa shape index (κ2) is 10.8. The molecule has 33 heavy (non-hydrogen) atoms. The highest BCUT2D eigenvalue weighted by atomic mass is 32.2. The number of sulfonamides is 1. The van der Waals surface area contributed by atoms with E-state index in [0.29, 0.717) is 23.5 Å². The molecular weight excluding hydrogens is 454 g/mol. The molecule has 0 aliphatic heterocycles. The highest BCUT2D eigenvalue weighted by Crippen LogP contribution is 2.23. The van der Waals surface area contributed by atoms with Crippen molar-refractivity contribution < 1.29 is 13.2 Å². The second-order valence-corrected chi connectivity index (χ2v) is 11.3. The molecule has 0 aliphatic carbocycles. The van der Waals surface area contributed by atoms with Crippen molar-refractivity contribution in [2.45, 2.75) is 58.3 Å². The van der Waals surface area contributed by atoms with Gasteiger partial charge in [-0.25, -0.2) is 8.42 Å². The van der Waals surface area contributed by atoms with Gasteiger partial charge in [-0.15, -0.1) is 0 Å². The van der Waals surface area contributed by atoms with Crippen molar-refractivity contribution in [3.8, 4) is 0 Å². The number of benzene rings is 2. The molecule has 1 aromatic heterocycles. The second-order valence-electron chi connectivity index (χ2n) is 8.43. The summed E-state index contributed by atoms with van der Waals surface area (Å²) in [5, 5.41) is 0. The SMILES string of the molecule is CCCCN(CCCC)S(=O)(=O)c1ccc(C(=O)N=c2sc3c(C)cc(C)cc3n2C)cc1. The molecule has 178 valence electrons. The maximum absolute atomic E-state index is 13.1. The molecule has 3 rings (SSSR count). The predicted octanol–water partition coefficient (Wildman–Crippen LogP) is 5.19. The Morgan fingerprint density at radius 2 is 1.64 bits per heavy atom. The van der Waals surface area contributed by atoms with Gasteiger partial charge in [-0.3, -0.25) is 4.79 Å². The van der Waals surface area contributed by atoms with Crippen LogP contribution in [0, 0.1) is 13.8 Å². The van der Waals surface area contributed by atoms with Crippen LogP contribution < -0.4 is 4.80 Å². The fourth-order valence-electron chi connectivity index (χ4n) is 3.77. The lowest BCUT2D eigenvalue weighted by atomic mass is 10.1. The summed E-state index contributed by atoms with van der Waals surface area (Å²) in [7, 11) is -1.69. The molecule has 3 aromatic rings. The van der Waals surface area contributed by atoms with Crippen LogP contribution in [0.15, 0.2) is 46.3 Å². The van der Waals surface area contributed by atoms with Gasteiger partial charge in [0, 0.05) is 25.7 Å².